The fourth-order valence-electron chi connectivity index (χ4n) is 3.23. The van der Waals surface area contributed by atoms with Crippen LogP contribution in [0.2, 0.25) is 0 Å². The first-order chi connectivity index (χ1) is 14.9. The first-order valence-corrected chi connectivity index (χ1v) is 10.0. The molecular formula is C23H22F3N3O2. The van der Waals surface area contributed by atoms with Gasteiger partial charge in [-0.2, -0.15) is 13.2 Å². The van der Waals surface area contributed by atoms with Gasteiger partial charge < -0.3 is 9.73 Å². The Labute approximate surface area is 177 Å². The molecule has 31 heavy (non-hydrogen) atoms. The van der Waals surface area contributed by atoms with Crippen molar-refractivity contribution in [3.8, 4) is 0 Å². The molecule has 1 heterocycles. The van der Waals surface area contributed by atoms with Gasteiger partial charge in [0.2, 0.25) is 5.89 Å². The van der Waals surface area contributed by atoms with Crippen molar-refractivity contribution in [1.82, 2.24) is 15.2 Å². The lowest BCUT2D eigenvalue weighted by Gasteiger charge is -2.21. The summed E-state index contributed by atoms with van der Waals surface area (Å²) in [6, 6.07) is 15.1. The van der Waals surface area contributed by atoms with Crippen molar-refractivity contribution in [1.29, 1.82) is 0 Å². The van der Waals surface area contributed by atoms with Crippen LogP contribution in [0, 0.1) is 0 Å². The zero-order valence-corrected chi connectivity index (χ0v) is 16.7. The number of aromatic nitrogens is 1. The van der Waals surface area contributed by atoms with Crippen molar-refractivity contribution in [2.24, 2.45) is 0 Å². The van der Waals surface area contributed by atoms with E-state index in [2.05, 4.69) is 10.3 Å². The monoisotopic (exact) mass is 429 g/mol. The number of hydrogen-bond donors (Lipinski definition) is 1. The van der Waals surface area contributed by atoms with Gasteiger partial charge in [0.25, 0.3) is 5.91 Å². The van der Waals surface area contributed by atoms with Crippen LogP contribution in [-0.4, -0.2) is 21.8 Å². The Balaban J connectivity index is 1.47. The summed E-state index contributed by atoms with van der Waals surface area (Å²) in [5, 5.41) is 2.87. The molecule has 1 aliphatic carbocycles. The van der Waals surface area contributed by atoms with E-state index in [-0.39, 0.29) is 17.6 Å². The Kier molecular flexibility index (Phi) is 6.08. The second-order valence-corrected chi connectivity index (χ2v) is 7.70. The molecule has 162 valence electrons. The summed E-state index contributed by atoms with van der Waals surface area (Å²) in [4.78, 5) is 18.4. The third kappa shape index (κ3) is 5.95. The fourth-order valence-corrected chi connectivity index (χ4v) is 3.23. The average molecular weight is 429 g/mol. The van der Waals surface area contributed by atoms with Gasteiger partial charge in [0.05, 0.1) is 12.1 Å². The van der Waals surface area contributed by atoms with Crippen LogP contribution in [-0.2, 0) is 25.8 Å². The van der Waals surface area contributed by atoms with Crippen LogP contribution in [0.25, 0.3) is 0 Å². The number of nitrogens with zero attached hydrogens (tertiary/aromatic N) is 2. The van der Waals surface area contributed by atoms with E-state index < -0.39 is 11.7 Å². The number of oxazole rings is 1. The van der Waals surface area contributed by atoms with Gasteiger partial charge in [0, 0.05) is 19.1 Å². The molecule has 0 bridgehead atoms. The summed E-state index contributed by atoms with van der Waals surface area (Å²) in [5.41, 5.74) is 1.34. The van der Waals surface area contributed by atoms with Gasteiger partial charge in [-0.3, -0.25) is 9.69 Å². The van der Waals surface area contributed by atoms with E-state index in [4.69, 9.17) is 4.42 Å². The summed E-state index contributed by atoms with van der Waals surface area (Å²) in [7, 11) is 0. The molecule has 0 atom stereocenters. The zero-order valence-electron chi connectivity index (χ0n) is 16.7. The summed E-state index contributed by atoms with van der Waals surface area (Å²) < 4.78 is 44.0. The quantitative estimate of drug-likeness (QED) is 0.560. The first kappa shape index (κ1) is 21.1. The highest BCUT2D eigenvalue weighted by Gasteiger charge is 2.30. The minimum atomic E-state index is -4.36. The molecule has 1 saturated carbocycles. The SMILES string of the molecule is O=C(NC1CC1)c1coc(CN(Cc2ccccc2)Cc2ccc(C(F)(F)F)cc2)n1. The summed E-state index contributed by atoms with van der Waals surface area (Å²) in [5.74, 6) is 0.124. The minimum absolute atomic E-state index is 0.224. The number of carbonyl (C=O) groups excluding carboxylic acids is 1. The zero-order chi connectivity index (χ0) is 21.8. The Bertz CT molecular complexity index is 1010. The van der Waals surface area contributed by atoms with Crippen molar-refractivity contribution in [3.63, 3.8) is 0 Å². The van der Waals surface area contributed by atoms with Gasteiger partial charge in [-0.05, 0) is 36.1 Å². The predicted octanol–water partition coefficient (Wildman–Crippen LogP) is 4.79. The van der Waals surface area contributed by atoms with Crippen LogP contribution in [0.5, 0.6) is 0 Å². The van der Waals surface area contributed by atoms with E-state index in [9.17, 15) is 18.0 Å². The van der Waals surface area contributed by atoms with Crippen LogP contribution < -0.4 is 5.32 Å². The third-order valence-electron chi connectivity index (χ3n) is 4.99. The fraction of sp³-hybridized carbons (Fsp3) is 0.304. The molecular weight excluding hydrogens is 407 g/mol. The van der Waals surface area contributed by atoms with E-state index >= 15 is 0 Å². The number of rotatable bonds is 8. The van der Waals surface area contributed by atoms with E-state index in [1.54, 1.807) is 0 Å². The van der Waals surface area contributed by atoms with E-state index in [0.29, 0.717) is 25.5 Å². The lowest BCUT2D eigenvalue weighted by Crippen LogP contribution is -2.26. The van der Waals surface area contributed by atoms with E-state index in [1.165, 1.54) is 18.4 Å². The second-order valence-electron chi connectivity index (χ2n) is 7.70. The maximum atomic E-state index is 12.8. The number of alkyl halides is 3. The summed E-state index contributed by atoms with van der Waals surface area (Å²) in [6.07, 6.45) is -1.06. The predicted molar refractivity (Wildman–Crippen MR) is 108 cm³/mol. The lowest BCUT2D eigenvalue weighted by atomic mass is 10.1. The van der Waals surface area contributed by atoms with Gasteiger partial charge in [-0.25, -0.2) is 4.98 Å². The maximum absolute atomic E-state index is 12.8. The van der Waals surface area contributed by atoms with Crippen LogP contribution in [0.4, 0.5) is 13.2 Å². The maximum Gasteiger partial charge on any atom is 0.416 e. The molecule has 0 saturated heterocycles. The number of halogens is 3. The molecule has 1 aromatic heterocycles. The molecule has 1 N–H and O–H groups in total. The molecule has 0 spiro atoms. The molecule has 0 radical (unpaired) electrons. The summed E-state index contributed by atoms with van der Waals surface area (Å²) >= 11 is 0. The Hall–Kier alpha value is -3.13. The molecule has 1 aliphatic rings. The van der Waals surface area contributed by atoms with Gasteiger partial charge in [-0.15, -0.1) is 0 Å². The Morgan fingerprint density at radius 3 is 2.26 bits per heavy atom. The molecule has 1 fully saturated rings. The highest BCUT2D eigenvalue weighted by Crippen LogP contribution is 2.29. The molecule has 8 heteroatoms. The Morgan fingerprint density at radius 1 is 1.00 bits per heavy atom. The molecule has 2 aromatic carbocycles. The van der Waals surface area contributed by atoms with Gasteiger partial charge >= 0.3 is 6.18 Å². The Morgan fingerprint density at radius 2 is 1.65 bits per heavy atom. The molecule has 4 rings (SSSR count). The first-order valence-electron chi connectivity index (χ1n) is 10.0. The van der Waals surface area contributed by atoms with Crippen LogP contribution in [0.1, 0.15) is 45.9 Å². The number of amides is 1. The number of hydrogen-bond acceptors (Lipinski definition) is 4. The highest BCUT2D eigenvalue weighted by molar-refractivity contribution is 5.92. The van der Waals surface area contributed by atoms with Crippen molar-refractivity contribution in [2.45, 2.75) is 44.7 Å². The highest BCUT2D eigenvalue weighted by atomic mass is 19.4. The van der Waals surface area contributed by atoms with Gasteiger partial charge in [0.15, 0.2) is 5.69 Å². The topological polar surface area (TPSA) is 58.4 Å². The standard InChI is InChI=1S/C23H22F3N3O2/c24-23(25,26)18-8-6-17(7-9-18)13-29(12-16-4-2-1-3-5-16)14-21-28-20(15-31-21)22(30)27-19-10-11-19/h1-9,15,19H,10-14H2,(H,27,30). The third-order valence-corrected chi connectivity index (χ3v) is 4.99. The largest absolute Gasteiger partial charge is 0.447 e. The molecule has 1 amide bonds. The van der Waals surface area contributed by atoms with E-state index in [0.717, 1.165) is 36.1 Å². The van der Waals surface area contributed by atoms with E-state index in [1.807, 2.05) is 35.2 Å². The molecule has 5 nitrogen and oxygen atoms in total. The molecule has 0 unspecified atom stereocenters. The van der Waals surface area contributed by atoms with Crippen molar-refractivity contribution in [3.05, 3.63) is 89.1 Å². The van der Waals surface area contributed by atoms with Crippen LogP contribution in [0.3, 0.4) is 0 Å². The van der Waals surface area contributed by atoms with Gasteiger partial charge in [-0.1, -0.05) is 42.5 Å². The number of carbonyl (C=O) groups is 1. The average Bonchev–Trinajstić information content (AvgIpc) is 3.43. The van der Waals surface area contributed by atoms with Crippen molar-refractivity contribution in [2.75, 3.05) is 0 Å². The smallest absolute Gasteiger partial charge is 0.416 e. The summed E-state index contributed by atoms with van der Waals surface area (Å²) in [6.45, 7) is 1.26. The molecule has 0 aliphatic heterocycles. The minimum Gasteiger partial charge on any atom is -0.447 e. The van der Waals surface area contributed by atoms with Crippen molar-refractivity contribution < 1.29 is 22.4 Å². The van der Waals surface area contributed by atoms with Crippen LogP contribution >= 0.6 is 0 Å². The van der Waals surface area contributed by atoms with Crippen LogP contribution in [0.15, 0.2) is 65.3 Å². The van der Waals surface area contributed by atoms with Crippen molar-refractivity contribution >= 4 is 5.91 Å². The van der Waals surface area contributed by atoms with Gasteiger partial charge in [0.1, 0.15) is 6.26 Å². The second kappa shape index (κ2) is 8.93. The normalized spacial score (nSPS) is 14.1. The lowest BCUT2D eigenvalue weighted by molar-refractivity contribution is -0.137. The molecule has 3 aromatic rings. The number of benzene rings is 2. The number of nitrogens with one attached hydrogen (secondary N) is 1.